The van der Waals surface area contributed by atoms with Gasteiger partial charge in [0.1, 0.15) is 0 Å². The Morgan fingerprint density at radius 2 is 1.95 bits per heavy atom. The minimum absolute atomic E-state index is 0.425. The molecule has 0 spiro atoms. The van der Waals surface area contributed by atoms with Crippen LogP contribution < -0.4 is 0 Å². The molecule has 1 saturated carbocycles. The van der Waals surface area contributed by atoms with Crippen LogP contribution in [0.15, 0.2) is 36.4 Å². The molecule has 1 aromatic carbocycles. The van der Waals surface area contributed by atoms with Gasteiger partial charge in [-0.05, 0) is 54.6 Å². The second-order valence-electron chi connectivity index (χ2n) is 6.01. The van der Waals surface area contributed by atoms with Crippen LogP contribution in [0.5, 0.6) is 0 Å². The maximum atomic E-state index is 8.92. The quantitative estimate of drug-likeness (QED) is 0.682. The minimum Gasteiger partial charge on any atom is -0.193 e. The van der Waals surface area contributed by atoms with Gasteiger partial charge in [0, 0.05) is 5.57 Å². The molecule has 0 amide bonds. The van der Waals surface area contributed by atoms with Crippen molar-refractivity contribution in [3.8, 4) is 6.07 Å². The van der Waals surface area contributed by atoms with Crippen molar-refractivity contribution in [2.75, 3.05) is 0 Å². The Kier molecular flexibility index (Phi) is 4.43. The summed E-state index contributed by atoms with van der Waals surface area (Å²) in [6, 6.07) is 11.3. The number of benzene rings is 1. The summed E-state index contributed by atoms with van der Waals surface area (Å²) in [5.74, 6) is 1.69. The van der Waals surface area contributed by atoms with Gasteiger partial charge in [-0.1, -0.05) is 44.7 Å². The Labute approximate surface area is 117 Å². The standard InChI is InChI=1S/C18H23N/c1-13(2)17-5-4-6-18(11-17)16-9-7-15(8-10-16)14(3)12-19/h4-6,11,13,15-16H,3,7-10H2,1-2H3. The molecule has 0 N–H and O–H groups in total. The highest BCUT2D eigenvalue weighted by Crippen LogP contribution is 2.38. The Morgan fingerprint density at radius 1 is 1.26 bits per heavy atom. The number of nitrogens with zero attached hydrogens (tertiary/aromatic N) is 1. The van der Waals surface area contributed by atoms with Crippen LogP contribution in [0, 0.1) is 17.2 Å². The zero-order chi connectivity index (χ0) is 13.8. The lowest BCUT2D eigenvalue weighted by Gasteiger charge is -2.28. The molecule has 0 radical (unpaired) electrons. The molecule has 0 atom stereocenters. The number of allylic oxidation sites excluding steroid dienone is 1. The van der Waals surface area contributed by atoms with Gasteiger partial charge in [0.25, 0.3) is 0 Å². The fourth-order valence-corrected chi connectivity index (χ4v) is 3.04. The van der Waals surface area contributed by atoms with Gasteiger partial charge in [0.2, 0.25) is 0 Å². The van der Waals surface area contributed by atoms with Crippen LogP contribution in [0.2, 0.25) is 0 Å². The highest BCUT2D eigenvalue weighted by atomic mass is 14.3. The van der Waals surface area contributed by atoms with Gasteiger partial charge in [-0.2, -0.15) is 5.26 Å². The van der Waals surface area contributed by atoms with E-state index in [9.17, 15) is 0 Å². The lowest BCUT2D eigenvalue weighted by Crippen LogP contribution is -2.14. The molecular formula is C18H23N. The number of hydrogen-bond donors (Lipinski definition) is 0. The molecule has 100 valence electrons. The molecule has 19 heavy (non-hydrogen) atoms. The van der Waals surface area contributed by atoms with Crippen LogP contribution in [0.25, 0.3) is 0 Å². The predicted octanol–water partition coefficient (Wildman–Crippen LogP) is 5.16. The average Bonchev–Trinajstić information content (AvgIpc) is 2.46. The molecule has 1 aliphatic carbocycles. The molecule has 0 heterocycles. The van der Waals surface area contributed by atoms with E-state index in [2.05, 4.69) is 50.8 Å². The first-order valence-electron chi connectivity index (χ1n) is 7.30. The average molecular weight is 253 g/mol. The fourth-order valence-electron chi connectivity index (χ4n) is 3.04. The largest absolute Gasteiger partial charge is 0.193 e. The predicted molar refractivity (Wildman–Crippen MR) is 80.0 cm³/mol. The van der Waals surface area contributed by atoms with Gasteiger partial charge in [0.05, 0.1) is 6.07 Å². The molecule has 1 aromatic rings. The van der Waals surface area contributed by atoms with Gasteiger partial charge in [-0.3, -0.25) is 0 Å². The summed E-state index contributed by atoms with van der Waals surface area (Å²) in [4.78, 5) is 0. The highest BCUT2D eigenvalue weighted by Gasteiger charge is 2.24. The van der Waals surface area contributed by atoms with Crippen LogP contribution in [-0.4, -0.2) is 0 Å². The summed E-state index contributed by atoms with van der Waals surface area (Å²) < 4.78 is 0. The third kappa shape index (κ3) is 3.26. The summed E-state index contributed by atoms with van der Waals surface area (Å²) >= 11 is 0. The van der Waals surface area contributed by atoms with Gasteiger partial charge >= 0.3 is 0 Å². The van der Waals surface area contributed by atoms with E-state index in [1.165, 1.54) is 24.0 Å². The van der Waals surface area contributed by atoms with Crippen molar-refractivity contribution in [1.29, 1.82) is 5.26 Å². The van der Waals surface area contributed by atoms with E-state index >= 15 is 0 Å². The molecule has 1 nitrogen and oxygen atoms in total. The maximum absolute atomic E-state index is 8.92. The van der Waals surface area contributed by atoms with E-state index in [1.54, 1.807) is 0 Å². The monoisotopic (exact) mass is 253 g/mol. The highest BCUT2D eigenvalue weighted by molar-refractivity contribution is 5.29. The Bertz CT molecular complexity index is 485. The summed E-state index contributed by atoms with van der Waals surface area (Å²) in [6.07, 6.45) is 4.60. The number of nitriles is 1. The van der Waals surface area contributed by atoms with Crippen LogP contribution in [-0.2, 0) is 0 Å². The van der Waals surface area contributed by atoms with Gasteiger partial charge < -0.3 is 0 Å². The van der Waals surface area contributed by atoms with E-state index in [0.717, 1.165) is 18.4 Å². The Hall–Kier alpha value is -1.55. The van der Waals surface area contributed by atoms with E-state index < -0.39 is 0 Å². The van der Waals surface area contributed by atoms with E-state index in [0.29, 0.717) is 17.8 Å². The van der Waals surface area contributed by atoms with Crippen molar-refractivity contribution in [2.45, 2.75) is 51.4 Å². The zero-order valence-corrected chi connectivity index (χ0v) is 12.0. The van der Waals surface area contributed by atoms with Gasteiger partial charge in [0.15, 0.2) is 0 Å². The number of rotatable bonds is 3. The van der Waals surface area contributed by atoms with Gasteiger partial charge in [-0.15, -0.1) is 0 Å². The van der Waals surface area contributed by atoms with Crippen LogP contribution >= 0.6 is 0 Å². The summed E-state index contributed by atoms with van der Waals surface area (Å²) in [5, 5.41) is 8.92. The molecule has 0 unspecified atom stereocenters. The first-order chi connectivity index (χ1) is 9.11. The normalized spacial score (nSPS) is 23.1. The SMILES string of the molecule is C=C(C#N)C1CCC(c2cccc(C(C)C)c2)CC1. The van der Waals surface area contributed by atoms with E-state index in [1.807, 2.05) is 0 Å². The summed E-state index contributed by atoms with van der Waals surface area (Å²) in [6.45, 7) is 8.36. The molecule has 0 aromatic heterocycles. The Balaban J connectivity index is 2.04. The number of hydrogen-bond acceptors (Lipinski definition) is 1. The first kappa shape index (κ1) is 13.9. The van der Waals surface area contributed by atoms with Crippen molar-refractivity contribution >= 4 is 0 Å². The van der Waals surface area contributed by atoms with Crippen molar-refractivity contribution < 1.29 is 0 Å². The maximum Gasteiger partial charge on any atom is 0.0943 e. The van der Waals surface area contributed by atoms with Crippen molar-refractivity contribution in [3.63, 3.8) is 0 Å². The molecule has 1 heteroatoms. The molecule has 0 bridgehead atoms. The van der Waals surface area contributed by atoms with Crippen LogP contribution in [0.3, 0.4) is 0 Å². The fraction of sp³-hybridized carbons (Fsp3) is 0.500. The van der Waals surface area contributed by atoms with Crippen LogP contribution in [0.4, 0.5) is 0 Å². The summed E-state index contributed by atoms with van der Waals surface area (Å²) in [5.41, 5.74) is 3.68. The zero-order valence-electron chi connectivity index (χ0n) is 12.0. The van der Waals surface area contributed by atoms with E-state index in [-0.39, 0.29) is 0 Å². The smallest absolute Gasteiger partial charge is 0.0943 e. The molecular weight excluding hydrogens is 230 g/mol. The third-order valence-corrected chi connectivity index (χ3v) is 4.41. The first-order valence-corrected chi connectivity index (χ1v) is 7.30. The topological polar surface area (TPSA) is 23.8 Å². The Morgan fingerprint density at radius 3 is 2.53 bits per heavy atom. The van der Waals surface area contributed by atoms with E-state index in [4.69, 9.17) is 5.26 Å². The molecule has 0 saturated heterocycles. The minimum atomic E-state index is 0.425. The second-order valence-corrected chi connectivity index (χ2v) is 6.01. The lowest BCUT2D eigenvalue weighted by molar-refractivity contribution is 0.368. The van der Waals surface area contributed by atoms with Crippen molar-refractivity contribution in [3.05, 3.63) is 47.5 Å². The van der Waals surface area contributed by atoms with Gasteiger partial charge in [-0.25, -0.2) is 0 Å². The molecule has 1 fully saturated rings. The van der Waals surface area contributed by atoms with Crippen LogP contribution in [0.1, 0.15) is 62.5 Å². The van der Waals surface area contributed by atoms with Crippen molar-refractivity contribution in [1.82, 2.24) is 0 Å². The summed E-state index contributed by atoms with van der Waals surface area (Å²) in [7, 11) is 0. The third-order valence-electron chi connectivity index (χ3n) is 4.41. The van der Waals surface area contributed by atoms with Crippen molar-refractivity contribution in [2.24, 2.45) is 5.92 Å². The molecule has 2 rings (SSSR count). The second kappa shape index (κ2) is 6.06. The molecule has 1 aliphatic rings. The molecule has 0 aliphatic heterocycles. The lowest BCUT2D eigenvalue weighted by atomic mass is 9.76.